The molecule has 0 aromatic carbocycles. The molecule has 19 heteroatoms. The summed E-state index contributed by atoms with van der Waals surface area (Å²) in [6.07, 6.45) is 39.1. The van der Waals surface area contributed by atoms with Crippen LogP contribution < -0.4 is 0 Å². The Balaban J connectivity index is 5.21. The first-order valence-corrected chi connectivity index (χ1v) is 36.5. The Kier molecular flexibility index (Phi) is 55.2. The molecule has 83 heavy (non-hydrogen) atoms. The molecule has 0 aliphatic carbocycles. The molecule has 0 radical (unpaired) electrons. The van der Waals surface area contributed by atoms with Gasteiger partial charge in [-0.3, -0.25) is 37.3 Å². The molecule has 0 aromatic rings. The predicted octanol–water partition coefficient (Wildman–Crippen LogP) is 17.7. The normalized spacial score (nSPS) is 14.3. The van der Waals surface area contributed by atoms with Crippen molar-refractivity contribution >= 4 is 39.5 Å². The zero-order valence-corrected chi connectivity index (χ0v) is 55.3. The molecule has 5 atom stereocenters. The van der Waals surface area contributed by atoms with Gasteiger partial charge in [-0.1, -0.05) is 266 Å². The third kappa shape index (κ3) is 58.8. The highest BCUT2D eigenvalue weighted by Gasteiger charge is 2.30. The number of rotatable bonds is 63. The molecule has 0 aliphatic rings. The summed E-state index contributed by atoms with van der Waals surface area (Å²) in [6.45, 7) is 9.35. The number of ether oxygens (including phenoxy) is 4. The van der Waals surface area contributed by atoms with E-state index in [1.807, 2.05) is 0 Å². The largest absolute Gasteiger partial charge is 0.472 e. The van der Waals surface area contributed by atoms with E-state index in [-0.39, 0.29) is 25.7 Å². The van der Waals surface area contributed by atoms with Crippen molar-refractivity contribution in [1.29, 1.82) is 0 Å². The van der Waals surface area contributed by atoms with Crippen molar-refractivity contribution in [2.24, 2.45) is 11.8 Å². The van der Waals surface area contributed by atoms with Crippen LogP contribution in [0.4, 0.5) is 0 Å². The molecule has 0 rings (SSSR count). The Labute approximate surface area is 505 Å². The molecule has 0 amide bonds. The molecule has 0 saturated carbocycles. The molecular formula is C64H124O17P2. The van der Waals surface area contributed by atoms with Crippen molar-refractivity contribution in [3.8, 4) is 0 Å². The Morgan fingerprint density at radius 3 is 0.819 bits per heavy atom. The summed E-state index contributed by atoms with van der Waals surface area (Å²) in [5.74, 6) is -0.737. The molecule has 0 aromatic heterocycles. The highest BCUT2D eigenvalue weighted by Crippen LogP contribution is 2.45. The van der Waals surface area contributed by atoms with E-state index in [0.29, 0.717) is 37.5 Å². The molecule has 0 saturated heterocycles. The topological polar surface area (TPSA) is 237 Å². The summed E-state index contributed by atoms with van der Waals surface area (Å²) >= 11 is 0. The minimum Gasteiger partial charge on any atom is -0.462 e. The number of aliphatic hydroxyl groups is 1. The third-order valence-electron chi connectivity index (χ3n) is 14.7. The average molecular weight is 1230 g/mol. The van der Waals surface area contributed by atoms with Gasteiger partial charge in [0.2, 0.25) is 0 Å². The molecule has 3 N–H and O–H groups in total. The number of hydrogen-bond acceptors (Lipinski definition) is 15. The van der Waals surface area contributed by atoms with E-state index in [1.165, 1.54) is 122 Å². The number of carbonyl (C=O) groups is 4. The predicted molar refractivity (Wildman–Crippen MR) is 331 cm³/mol. The van der Waals surface area contributed by atoms with Crippen LogP contribution in [0, 0.1) is 11.8 Å². The van der Waals surface area contributed by atoms with Crippen molar-refractivity contribution < 1.29 is 80.2 Å². The van der Waals surface area contributed by atoms with Gasteiger partial charge in [0.1, 0.15) is 19.3 Å². The van der Waals surface area contributed by atoms with Crippen LogP contribution in [0.2, 0.25) is 0 Å². The number of esters is 4. The first-order valence-electron chi connectivity index (χ1n) is 33.5. The molecule has 0 aliphatic heterocycles. The summed E-state index contributed by atoms with van der Waals surface area (Å²) in [7, 11) is -9.88. The Bertz CT molecular complexity index is 1630. The fourth-order valence-electron chi connectivity index (χ4n) is 9.53. The van der Waals surface area contributed by atoms with Crippen LogP contribution in [0.5, 0.6) is 0 Å². The zero-order valence-electron chi connectivity index (χ0n) is 53.5. The number of carbonyl (C=O) groups excluding carboxylic acids is 4. The maximum Gasteiger partial charge on any atom is 0.472 e. The van der Waals surface area contributed by atoms with Crippen molar-refractivity contribution in [2.75, 3.05) is 39.6 Å². The number of aliphatic hydroxyl groups excluding tert-OH is 1. The Morgan fingerprint density at radius 1 is 0.325 bits per heavy atom. The minimum atomic E-state index is -4.94. The lowest BCUT2D eigenvalue weighted by Crippen LogP contribution is -2.30. The van der Waals surface area contributed by atoms with Crippen LogP contribution in [0.3, 0.4) is 0 Å². The van der Waals surface area contributed by atoms with Crippen molar-refractivity contribution in [3.63, 3.8) is 0 Å². The summed E-state index contributed by atoms with van der Waals surface area (Å²) in [6, 6.07) is 0. The van der Waals surface area contributed by atoms with Gasteiger partial charge in [-0.25, -0.2) is 9.13 Å². The van der Waals surface area contributed by atoms with Crippen LogP contribution in [0.15, 0.2) is 0 Å². The van der Waals surface area contributed by atoms with E-state index in [9.17, 15) is 43.2 Å². The highest BCUT2D eigenvalue weighted by atomic mass is 31.2. The van der Waals surface area contributed by atoms with Crippen LogP contribution in [-0.4, -0.2) is 96.7 Å². The van der Waals surface area contributed by atoms with Gasteiger partial charge in [0.05, 0.1) is 26.4 Å². The Hall–Kier alpha value is -1.94. The van der Waals surface area contributed by atoms with Gasteiger partial charge in [0.25, 0.3) is 0 Å². The van der Waals surface area contributed by atoms with Gasteiger partial charge in [-0.05, 0) is 37.5 Å². The summed E-state index contributed by atoms with van der Waals surface area (Å²) in [4.78, 5) is 72.1. The van der Waals surface area contributed by atoms with Gasteiger partial charge in [-0.2, -0.15) is 0 Å². The molecule has 0 heterocycles. The Morgan fingerprint density at radius 2 is 0.554 bits per heavy atom. The molecule has 0 bridgehead atoms. The summed E-state index contributed by atoms with van der Waals surface area (Å²) < 4.78 is 67.9. The number of phosphoric ester groups is 2. The third-order valence-corrected chi connectivity index (χ3v) is 16.6. The van der Waals surface area contributed by atoms with E-state index in [4.69, 9.17) is 37.0 Å². The second-order valence-electron chi connectivity index (χ2n) is 24.1. The van der Waals surface area contributed by atoms with Crippen LogP contribution in [0.25, 0.3) is 0 Å². The lowest BCUT2D eigenvalue weighted by atomic mass is 10.0. The van der Waals surface area contributed by atoms with Gasteiger partial charge in [0.15, 0.2) is 12.2 Å². The minimum absolute atomic E-state index is 0.103. The average Bonchev–Trinajstić information content (AvgIpc) is 3.45. The zero-order chi connectivity index (χ0) is 61.5. The van der Waals surface area contributed by atoms with Crippen molar-refractivity contribution in [2.45, 2.75) is 336 Å². The van der Waals surface area contributed by atoms with Gasteiger partial charge in [0, 0.05) is 25.7 Å². The molecular weight excluding hydrogens is 1100 g/mol. The molecule has 0 spiro atoms. The fourth-order valence-corrected chi connectivity index (χ4v) is 11.1. The van der Waals surface area contributed by atoms with E-state index >= 15 is 0 Å². The van der Waals surface area contributed by atoms with Crippen LogP contribution in [0.1, 0.15) is 318 Å². The number of hydrogen-bond donors (Lipinski definition) is 3. The highest BCUT2D eigenvalue weighted by molar-refractivity contribution is 7.47. The van der Waals surface area contributed by atoms with Crippen molar-refractivity contribution in [3.05, 3.63) is 0 Å². The monoisotopic (exact) mass is 1230 g/mol. The van der Waals surface area contributed by atoms with E-state index < -0.39 is 97.5 Å². The first-order chi connectivity index (χ1) is 39.9. The quantitative estimate of drug-likeness (QED) is 0.0222. The van der Waals surface area contributed by atoms with Crippen LogP contribution in [-0.2, 0) is 65.4 Å². The SMILES string of the molecule is CCCCCCCCCCCCCCCCCC(=O)O[C@H](COC(=O)CCCCCCCCCC(C)C)COP(=O)(O)OC[C@@H](O)COP(=O)(O)OC[C@@H](COC(=O)CCCCCCCCCC)OC(=O)CCCCCCCCCC(C)C. The molecule has 492 valence electrons. The van der Waals surface area contributed by atoms with Gasteiger partial charge in [-0.15, -0.1) is 0 Å². The van der Waals surface area contributed by atoms with E-state index in [0.717, 1.165) is 103 Å². The fraction of sp³-hybridized carbons (Fsp3) is 0.938. The second-order valence-corrected chi connectivity index (χ2v) is 27.0. The maximum atomic E-state index is 13.0. The van der Waals surface area contributed by atoms with E-state index in [2.05, 4.69) is 41.5 Å². The summed E-state index contributed by atoms with van der Waals surface area (Å²) in [5, 5.41) is 10.5. The molecule has 17 nitrogen and oxygen atoms in total. The number of phosphoric acid groups is 2. The first kappa shape index (κ1) is 81.1. The lowest BCUT2D eigenvalue weighted by molar-refractivity contribution is -0.161. The van der Waals surface area contributed by atoms with Crippen LogP contribution >= 0.6 is 15.6 Å². The van der Waals surface area contributed by atoms with Gasteiger partial charge < -0.3 is 33.8 Å². The smallest absolute Gasteiger partial charge is 0.462 e. The number of unbranched alkanes of at least 4 members (excludes halogenated alkanes) is 33. The molecule has 0 fully saturated rings. The second kappa shape index (κ2) is 56.6. The van der Waals surface area contributed by atoms with E-state index in [1.54, 1.807) is 0 Å². The molecule has 2 unspecified atom stereocenters. The van der Waals surface area contributed by atoms with Crippen molar-refractivity contribution in [1.82, 2.24) is 0 Å². The summed E-state index contributed by atoms with van der Waals surface area (Å²) in [5.41, 5.74) is 0. The maximum absolute atomic E-state index is 13.0. The standard InChI is InChI=1S/C64H124O17P2/c1-7-9-11-13-15-17-18-19-20-21-22-23-29-36-42-48-63(68)80-59(53-75-62(67)47-41-35-30-24-26-32-38-44-56(3)4)54-78-82(70,71)76-50-58(65)51-77-83(72,73)79-55-60(52-74-61(66)46-40-34-28-16-14-12-10-8-2)81-64(69)49-43-37-31-25-27-33-39-45-57(5)6/h56-60,65H,7-55H2,1-6H3,(H,70,71)(H,72,73)/t58-,59-,60-/m1/s1. The lowest BCUT2D eigenvalue weighted by Gasteiger charge is -2.21. The van der Waals surface area contributed by atoms with Gasteiger partial charge >= 0.3 is 39.5 Å².